The van der Waals surface area contributed by atoms with Gasteiger partial charge in [-0.3, -0.25) is 4.79 Å². The molecule has 0 unspecified atom stereocenters. The van der Waals surface area contributed by atoms with Gasteiger partial charge in [0.25, 0.3) is 0 Å². The molecule has 0 fully saturated rings. The highest BCUT2D eigenvalue weighted by atomic mass is 16.1. The lowest BCUT2D eigenvalue weighted by Crippen LogP contribution is -2.34. The maximum Gasteiger partial charge on any atom is 0.229 e. The van der Waals surface area contributed by atoms with E-state index in [-0.39, 0.29) is 5.91 Å². The Kier molecular flexibility index (Phi) is 4.95. The molecular weight excluding hydrogens is 188 g/mol. The minimum Gasteiger partial charge on any atom is -0.357 e. The molecule has 2 radical (unpaired) electrons. The van der Waals surface area contributed by atoms with Crippen LogP contribution in [0, 0.1) is 13.3 Å². The Morgan fingerprint density at radius 1 is 1.73 bits per heavy atom. The van der Waals surface area contributed by atoms with Gasteiger partial charge in [-0.05, 0) is 12.5 Å². The van der Waals surface area contributed by atoms with E-state index >= 15 is 0 Å². The summed E-state index contributed by atoms with van der Waals surface area (Å²) < 4.78 is 0. The Morgan fingerprint density at radius 3 is 3.20 bits per heavy atom. The van der Waals surface area contributed by atoms with Crippen LogP contribution >= 0.6 is 0 Å². The molecule has 0 aromatic rings. The standard InChI is InChI=1S/C12H18N2O/c1-3-4-5-9-12(15)13-11-8-6-7-10-14(11)2/h6-9H,1,3-5,10H2,2H3,(H,13,15). The van der Waals surface area contributed by atoms with Crippen LogP contribution in [-0.2, 0) is 4.79 Å². The molecule has 0 aromatic carbocycles. The lowest BCUT2D eigenvalue weighted by Gasteiger charge is -2.23. The minimum atomic E-state index is -0.0307. The largest absolute Gasteiger partial charge is 0.357 e. The molecule has 0 saturated heterocycles. The summed E-state index contributed by atoms with van der Waals surface area (Å²) in [4.78, 5) is 13.4. The molecule has 0 aliphatic carbocycles. The second-order valence-corrected chi connectivity index (χ2v) is 3.55. The smallest absolute Gasteiger partial charge is 0.229 e. The summed E-state index contributed by atoms with van der Waals surface area (Å²) in [7, 11) is 1.95. The lowest BCUT2D eigenvalue weighted by molar-refractivity contribution is -0.117. The van der Waals surface area contributed by atoms with E-state index in [1.54, 1.807) is 6.42 Å². The topological polar surface area (TPSA) is 32.3 Å². The molecule has 82 valence electrons. The first-order chi connectivity index (χ1) is 7.24. The van der Waals surface area contributed by atoms with Gasteiger partial charge < -0.3 is 10.2 Å². The Balaban J connectivity index is 2.30. The Bertz CT molecular complexity index is 269. The first-order valence-electron chi connectivity index (χ1n) is 5.25. The average Bonchev–Trinajstić information content (AvgIpc) is 2.22. The third-order valence-electron chi connectivity index (χ3n) is 2.22. The van der Waals surface area contributed by atoms with Gasteiger partial charge in [0.1, 0.15) is 5.82 Å². The summed E-state index contributed by atoms with van der Waals surface area (Å²) in [5.41, 5.74) is 0. The molecule has 3 heteroatoms. The highest BCUT2D eigenvalue weighted by molar-refractivity contribution is 5.85. The fraction of sp³-hybridized carbons (Fsp3) is 0.417. The van der Waals surface area contributed by atoms with Gasteiger partial charge in [-0.1, -0.05) is 31.9 Å². The van der Waals surface area contributed by atoms with Gasteiger partial charge in [-0.25, -0.2) is 0 Å². The summed E-state index contributed by atoms with van der Waals surface area (Å²) in [5, 5.41) is 2.85. The van der Waals surface area contributed by atoms with E-state index in [1.165, 1.54) is 0 Å². The molecule has 0 atom stereocenters. The van der Waals surface area contributed by atoms with Crippen molar-refractivity contribution in [3.05, 3.63) is 37.4 Å². The van der Waals surface area contributed by atoms with Crippen LogP contribution in [0.2, 0.25) is 0 Å². The van der Waals surface area contributed by atoms with Crippen molar-refractivity contribution in [1.29, 1.82) is 0 Å². The number of nitrogens with one attached hydrogen (secondary N) is 1. The van der Waals surface area contributed by atoms with E-state index in [0.29, 0.717) is 0 Å². The summed E-state index contributed by atoms with van der Waals surface area (Å²) in [5.74, 6) is 0.824. The van der Waals surface area contributed by atoms with Gasteiger partial charge in [0.2, 0.25) is 5.91 Å². The molecule has 0 bridgehead atoms. The van der Waals surface area contributed by atoms with Crippen LogP contribution < -0.4 is 5.32 Å². The first kappa shape index (κ1) is 11.8. The van der Waals surface area contributed by atoms with Crippen LogP contribution in [0.25, 0.3) is 0 Å². The second-order valence-electron chi connectivity index (χ2n) is 3.55. The molecule has 15 heavy (non-hydrogen) atoms. The number of amides is 1. The normalized spacial score (nSPS) is 15.1. The van der Waals surface area contributed by atoms with Gasteiger partial charge >= 0.3 is 0 Å². The third kappa shape index (κ3) is 4.19. The summed E-state index contributed by atoms with van der Waals surface area (Å²) >= 11 is 0. The van der Waals surface area contributed by atoms with E-state index in [1.807, 2.05) is 30.2 Å². The van der Waals surface area contributed by atoms with Gasteiger partial charge in [0.05, 0.1) is 0 Å². The van der Waals surface area contributed by atoms with Crippen LogP contribution in [0.4, 0.5) is 0 Å². The van der Waals surface area contributed by atoms with Crippen LogP contribution in [0.1, 0.15) is 19.3 Å². The van der Waals surface area contributed by atoms with Crippen molar-refractivity contribution in [2.75, 3.05) is 13.6 Å². The van der Waals surface area contributed by atoms with E-state index < -0.39 is 0 Å². The van der Waals surface area contributed by atoms with Crippen LogP contribution in [0.3, 0.4) is 0 Å². The number of likely N-dealkylation sites (N-methyl/N-ethyl adjacent to an activating group) is 1. The predicted molar refractivity (Wildman–Crippen MR) is 61.5 cm³/mol. The summed E-state index contributed by atoms with van der Waals surface area (Å²) in [6.45, 7) is 4.57. The maximum absolute atomic E-state index is 11.5. The molecule has 1 amide bonds. The lowest BCUT2D eigenvalue weighted by atomic mass is 10.2. The predicted octanol–water partition coefficient (Wildman–Crippen LogP) is 1.65. The van der Waals surface area contributed by atoms with Crippen molar-refractivity contribution in [2.24, 2.45) is 0 Å². The van der Waals surface area contributed by atoms with Crippen molar-refractivity contribution in [2.45, 2.75) is 19.3 Å². The highest BCUT2D eigenvalue weighted by Crippen LogP contribution is 2.05. The number of rotatable bonds is 5. The molecule has 1 N–H and O–H groups in total. The van der Waals surface area contributed by atoms with Crippen molar-refractivity contribution in [3.8, 4) is 0 Å². The Labute approximate surface area is 91.8 Å². The van der Waals surface area contributed by atoms with E-state index in [9.17, 15) is 4.79 Å². The minimum absolute atomic E-state index is 0.0307. The van der Waals surface area contributed by atoms with Crippen LogP contribution in [0.5, 0.6) is 0 Å². The monoisotopic (exact) mass is 206 g/mol. The van der Waals surface area contributed by atoms with E-state index in [0.717, 1.165) is 31.6 Å². The van der Waals surface area contributed by atoms with E-state index in [2.05, 4.69) is 12.2 Å². The number of nitrogens with zero attached hydrogens (tertiary/aromatic N) is 1. The zero-order valence-electron chi connectivity index (χ0n) is 9.20. The molecule has 3 nitrogen and oxygen atoms in total. The Hall–Kier alpha value is -1.25. The zero-order valence-corrected chi connectivity index (χ0v) is 9.20. The quantitative estimate of drug-likeness (QED) is 0.694. The van der Waals surface area contributed by atoms with Crippen molar-refractivity contribution < 1.29 is 4.79 Å². The molecule has 1 aliphatic heterocycles. The van der Waals surface area contributed by atoms with Crippen LogP contribution in [0.15, 0.2) is 24.0 Å². The van der Waals surface area contributed by atoms with Crippen LogP contribution in [-0.4, -0.2) is 24.4 Å². The van der Waals surface area contributed by atoms with Crippen molar-refractivity contribution >= 4 is 5.91 Å². The number of carbonyl (C=O) groups is 1. The van der Waals surface area contributed by atoms with E-state index in [4.69, 9.17) is 0 Å². The van der Waals surface area contributed by atoms with Crippen molar-refractivity contribution in [1.82, 2.24) is 10.2 Å². The first-order valence-corrected chi connectivity index (χ1v) is 5.25. The molecular formula is C12H18N2O. The summed E-state index contributed by atoms with van der Waals surface area (Å²) in [6.07, 6.45) is 10.2. The number of hydrogen-bond donors (Lipinski definition) is 1. The second kappa shape index (κ2) is 6.27. The maximum atomic E-state index is 11.5. The average molecular weight is 206 g/mol. The highest BCUT2D eigenvalue weighted by Gasteiger charge is 2.09. The van der Waals surface area contributed by atoms with Crippen molar-refractivity contribution in [3.63, 3.8) is 0 Å². The summed E-state index contributed by atoms with van der Waals surface area (Å²) in [6, 6.07) is 0. The van der Waals surface area contributed by atoms with Gasteiger partial charge in [-0.2, -0.15) is 0 Å². The molecule has 0 aromatic heterocycles. The van der Waals surface area contributed by atoms with Gasteiger partial charge in [0, 0.05) is 20.0 Å². The molecule has 1 rings (SSSR count). The number of unbranched alkanes of at least 4 members (excludes halogenated alkanes) is 2. The fourth-order valence-corrected chi connectivity index (χ4v) is 1.30. The molecule has 1 aliphatic rings. The molecule has 1 heterocycles. The Morgan fingerprint density at radius 2 is 2.53 bits per heavy atom. The number of carbonyl (C=O) groups excluding carboxylic acids is 1. The zero-order chi connectivity index (χ0) is 11.1. The van der Waals surface area contributed by atoms with Gasteiger partial charge in [-0.15, -0.1) is 0 Å². The molecule has 0 spiro atoms. The van der Waals surface area contributed by atoms with Gasteiger partial charge in [0.15, 0.2) is 0 Å². The number of allylic oxidation sites excluding steroid dienone is 2. The third-order valence-corrected chi connectivity index (χ3v) is 2.22. The SMILES string of the molecule is [CH2]CCC[CH]C(=O)NC1=CC=CCN1C. The number of hydrogen-bond acceptors (Lipinski definition) is 2. The molecule has 0 saturated carbocycles. The fourth-order valence-electron chi connectivity index (χ4n) is 1.30.